The molecule has 26 heavy (non-hydrogen) atoms. The Balaban J connectivity index is 1.72. The maximum atomic E-state index is 12.4. The van der Waals surface area contributed by atoms with E-state index < -0.39 is 0 Å². The van der Waals surface area contributed by atoms with Crippen LogP contribution in [0.25, 0.3) is 22.0 Å². The van der Waals surface area contributed by atoms with Crippen molar-refractivity contribution < 1.29 is 4.79 Å². The first-order chi connectivity index (χ1) is 12.6. The summed E-state index contributed by atoms with van der Waals surface area (Å²) < 4.78 is 0. The van der Waals surface area contributed by atoms with Crippen LogP contribution in [0, 0.1) is 6.92 Å². The van der Waals surface area contributed by atoms with E-state index in [4.69, 9.17) is 11.5 Å². The fraction of sp³-hybridized carbons (Fsp3) is 0.286. The Kier molecular flexibility index (Phi) is 5.71. The third-order valence-corrected chi connectivity index (χ3v) is 4.56. The molecule has 3 rings (SSSR count). The summed E-state index contributed by atoms with van der Waals surface area (Å²) in [4.78, 5) is 15.6. The first-order valence-electron chi connectivity index (χ1n) is 9.00. The lowest BCUT2D eigenvalue weighted by atomic mass is 10.0. The predicted molar refractivity (Wildman–Crippen MR) is 107 cm³/mol. The van der Waals surface area contributed by atoms with Crippen molar-refractivity contribution >= 4 is 16.8 Å². The van der Waals surface area contributed by atoms with E-state index in [1.807, 2.05) is 12.1 Å². The number of hydrogen-bond acceptors (Lipinski definition) is 3. The van der Waals surface area contributed by atoms with Crippen LogP contribution < -0.4 is 16.8 Å². The fourth-order valence-electron chi connectivity index (χ4n) is 2.98. The van der Waals surface area contributed by atoms with Crippen LogP contribution in [0.5, 0.6) is 0 Å². The first-order valence-corrected chi connectivity index (χ1v) is 9.00. The summed E-state index contributed by atoms with van der Waals surface area (Å²) in [6.07, 6.45) is 1.68. The Morgan fingerprint density at radius 2 is 1.85 bits per heavy atom. The molecule has 0 saturated carbocycles. The summed E-state index contributed by atoms with van der Waals surface area (Å²) in [5.41, 5.74) is 16.5. The number of H-pyrrole nitrogens is 1. The van der Waals surface area contributed by atoms with E-state index in [0.29, 0.717) is 18.8 Å². The number of hydrogen-bond donors (Lipinski definition) is 4. The van der Waals surface area contributed by atoms with Crippen molar-refractivity contribution in [2.75, 3.05) is 13.1 Å². The zero-order valence-electron chi connectivity index (χ0n) is 15.1. The molecule has 0 aliphatic heterocycles. The number of nitrogens with one attached hydrogen (secondary N) is 2. The van der Waals surface area contributed by atoms with Crippen molar-refractivity contribution in [3.05, 3.63) is 59.8 Å². The number of aromatic amines is 1. The van der Waals surface area contributed by atoms with Gasteiger partial charge < -0.3 is 21.8 Å². The standard InChI is InChI=1S/C21H26N4O/c1-14-4-6-15(7-5-14)16-8-9-17-12-20(25-19(17)11-16)21(26)24-13-18(23)3-2-10-22/h4-9,11-12,18,25H,2-3,10,13,22-23H2,1H3,(H,24,26). The molecular formula is C21H26N4O. The Bertz CT molecular complexity index is 883. The van der Waals surface area contributed by atoms with Gasteiger partial charge in [-0.25, -0.2) is 0 Å². The lowest BCUT2D eigenvalue weighted by Gasteiger charge is -2.11. The molecule has 3 aromatic rings. The average Bonchev–Trinajstić information content (AvgIpc) is 3.08. The Morgan fingerprint density at radius 3 is 2.58 bits per heavy atom. The van der Waals surface area contributed by atoms with Crippen molar-refractivity contribution in [1.29, 1.82) is 0 Å². The monoisotopic (exact) mass is 350 g/mol. The largest absolute Gasteiger partial charge is 0.351 e. The van der Waals surface area contributed by atoms with E-state index in [1.54, 1.807) is 0 Å². The molecule has 5 nitrogen and oxygen atoms in total. The molecule has 0 fully saturated rings. The van der Waals surface area contributed by atoms with Crippen molar-refractivity contribution in [3.8, 4) is 11.1 Å². The second-order valence-electron chi connectivity index (χ2n) is 6.75. The van der Waals surface area contributed by atoms with Gasteiger partial charge in [-0.15, -0.1) is 0 Å². The number of rotatable bonds is 7. The van der Waals surface area contributed by atoms with Crippen molar-refractivity contribution in [2.24, 2.45) is 11.5 Å². The molecule has 136 valence electrons. The summed E-state index contributed by atoms with van der Waals surface area (Å²) in [7, 11) is 0. The summed E-state index contributed by atoms with van der Waals surface area (Å²) in [5, 5.41) is 3.90. The predicted octanol–water partition coefficient (Wildman–Crippen LogP) is 2.94. The number of amides is 1. The molecule has 5 heteroatoms. The van der Waals surface area contributed by atoms with E-state index in [0.717, 1.165) is 34.9 Å². The first kappa shape index (κ1) is 18.2. The van der Waals surface area contributed by atoms with E-state index in [2.05, 4.69) is 53.6 Å². The van der Waals surface area contributed by atoms with Crippen LogP contribution in [-0.4, -0.2) is 30.0 Å². The number of nitrogens with two attached hydrogens (primary N) is 2. The van der Waals surface area contributed by atoms with Gasteiger partial charge in [0.15, 0.2) is 0 Å². The highest BCUT2D eigenvalue weighted by molar-refractivity contribution is 5.98. The van der Waals surface area contributed by atoms with Crippen LogP contribution >= 0.6 is 0 Å². The van der Waals surface area contributed by atoms with E-state index in [-0.39, 0.29) is 11.9 Å². The lowest BCUT2D eigenvalue weighted by molar-refractivity contribution is 0.0946. The highest BCUT2D eigenvalue weighted by atomic mass is 16.1. The zero-order chi connectivity index (χ0) is 18.5. The summed E-state index contributed by atoms with van der Waals surface area (Å²) in [6.45, 7) is 3.14. The minimum absolute atomic E-state index is 0.0694. The molecule has 0 spiro atoms. The molecule has 1 atom stereocenters. The van der Waals surface area contributed by atoms with Gasteiger partial charge in [0, 0.05) is 23.5 Å². The van der Waals surface area contributed by atoms with Crippen LogP contribution in [-0.2, 0) is 0 Å². The second-order valence-corrected chi connectivity index (χ2v) is 6.75. The Hall–Kier alpha value is -2.63. The maximum Gasteiger partial charge on any atom is 0.267 e. The quantitative estimate of drug-likeness (QED) is 0.527. The number of benzene rings is 2. The molecule has 0 saturated heterocycles. The molecule has 1 amide bonds. The molecule has 0 radical (unpaired) electrons. The topological polar surface area (TPSA) is 96.9 Å². The van der Waals surface area contributed by atoms with Gasteiger partial charge in [-0.2, -0.15) is 0 Å². The molecule has 1 heterocycles. The van der Waals surface area contributed by atoms with Gasteiger partial charge in [0.1, 0.15) is 5.69 Å². The molecular weight excluding hydrogens is 324 g/mol. The number of fused-ring (bicyclic) bond motifs is 1. The van der Waals surface area contributed by atoms with Crippen LogP contribution in [0.15, 0.2) is 48.5 Å². The van der Waals surface area contributed by atoms with Crippen LogP contribution in [0.2, 0.25) is 0 Å². The fourth-order valence-corrected chi connectivity index (χ4v) is 2.98. The normalized spacial score (nSPS) is 12.3. The van der Waals surface area contributed by atoms with E-state index in [9.17, 15) is 4.79 Å². The van der Waals surface area contributed by atoms with Crippen molar-refractivity contribution in [2.45, 2.75) is 25.8 Å². The van der Waals surface area contributed by atoms with Crippen LogP contribution in [0.3, 0.4) is 0 Å². The molecule has 1 aromatic heterocycles. The minimum Gasteiger partial charge on any atom is -0.351 e. The third kappa shape index (κ3) is 4.31. The van der Waals surface area contributed by atoms with Crippen molar-refractivity contribution in [3.63, 3.8) is 0 Å². The van der Waals surface area contributed by atoms with Gasteiger partial charge in [0.25, 0.3) is 5.91 Å². The van der Waals surface area contributed by atoms with Gasteiger partial charge in [-0.1, -0.05) is 42.0 Å². The van der Waals surface area contributed by atoms with Gasteiger partial charge in [0.05, 0.1) is 0 Å². The van der Waals surface area contributed by atoms with Gasteiger partial charge in [0.2, 0.25) is 0 Å². The van der Waals surface area contributed by atoms with E-state index in [1.165, 1.54) is 5.56 Å². The molecule has 6 N–H and O–H groups in total. The number of carbonyl (C=O) groups is 1. The third-order valence-electron chi connectivity index (χ3n) is 4.56. The summed E-state index contributed by atoms with van der Waals surface area (Å²) in [5.74, 6) is -0.138. The number of carbonyl (C=O) groups excluding carboxylic acids is 1. The SMILES string of the molecule is Cc1ccc(-c2ccc3cc(C(=O)NCC(N)CCCN)[nH]c3c2)cc1. The van der Waals surface area contributed by atoms with Crippen LogP contribution in [0.1, 0.15) is 28.9 Å². The maximum absolute atomic E-state index is 12.4. The number of aromatic nitrogens is 1. The van der Waals surface area contributed by atoms with Crippen molar-refractivity contribution in [1.82, 2.24) is 10.3 Å². The molecule has 2 aromatic carbocycles. The van der Waals surface area contributed by atoms with Crippen LogP contribution in [0.4, 0.5) is 0 Å². The lowest BCUT2D eigenvalue weighted by Crippen LogP contribution is -2.37. The number of aryl methyl sites for hydroxylation is 1. The van der Waals surface area contributed by atoms with Gasteiger partial charge in [-0.3, -0.25) is 4.79 Å². The molecule has 0 bridgehead atoms. The van der Waals surface area contributed by atoms with Gasteiger partial charge in [-0.05, 0) is 49.6 Å². The average molecular weight is 350 g/mol. The highest BCUT2D eigenvalue weighted by Gasteiger charge is 2.11. The smallest absolute Gasteiger partial charge is 0.267 e. The molecule has 0 aliphatic rings. The Labute approximate surface area is 153 Å². The summed E-state index contributed by atoms with van der Waals surface area (Å²) in [6, 6.07) is 16.4. The minimum atomic E-state index is -0.138. The molecule has 0 aliphatic carbocycles. The Morgan fingerprint density at radius 1 is 1.12 bits per heavy atom. The summed E-state index contributed by atoms with van der Waals surface area (Å²) >= 11 is 0. The second kappa shape index (κ2) is 8.17. The zero-order valence-corrected chi connectivity index (χ0v) is 15.1. The highest BCUT2D eigenvalue weighted by Crippen LogP contribution is 2.25. The van der Waals surface area contributed by atoms with Gasteiger partial charge >= 0.3 is 0 Å². The molecule has 1 unspecified atom stereocenters. The van der Waals surface area contributed by atoms with E-state index >= 15 is 0 Å².